The van der Waals surface area contributed by atoms with E-state index in [-0.39, 0.29) is 6.61 Å². The van der Waals surface area contributed by atoms with Crippen LogP contribution in [0.2, 0.25) is 0 Å². The van der Waals surface area contributed by atoms with Gasteiger partial charge in [-0.1, -0.05) is 0 Å². The van der Waals surface area contributed by atoms with Crippen LogP contribution in [0.25, 0.3) is 0 Å². The third kappa shape index (κ3) is 1.91. The van der Waals surface area contributed by atoms with E-state index >= 15 is 0 Å². The van der Waals surface area contributed by atoms with Gasteiger partial charge < -0.3 is 4.74 Å². The van der Waals surface area contributed by atoms with Gasteiger partial charge >= 0.3 is 10.2 Å². The molecule has 0 spiro atoms. The van der Waals surface area contributed by atoms with Crippen LogP contribution in [0.1, 0.15) is 12.8 Å². The Bertz CT molecular complexity index is 193. The highest BCUT2D eigenvalue weighted by molar-refractivity contribution is 7.87. The first-order valence-corrected chi connectivity index (χ1v) is 4.56. The number of ether oxygens (including phenoxy) is 1. The van der Waals surface area contributed by atoms with Gasteiger partial charge in [0.2, 0.25) is 0 Å². The van der Waals surface area contributed by atoms with E-state index in [0.29, 0.717) is 19.4 Å². The Morgan fingerprint density at radius 2 is 2.20 bits per heavy atom. The van der Waals surface area contributed by atoms with Crippen LogP contribution < -0.4 is 0 Å². The molecule has 1 aliphatic rings. The zero-order valence-electron chi connectivity index (χ0n) is 5.42. The highest BCUT2D eigenvalue weighted by atomic mass is 32.3. The predicted molar refractivity (Wildman–Crippen MR) is 33.9 cm³/mol. The predicted octanol–water partition coefficient (Wildman–Crippen LogP) is 0.465. The average Bonchev–Trinajstić information content (AvgIpc) is 1.88. The lowest BCUT2D eigenvalue weighted by Gasteiger charge is -2.17. The highest BCUT2D eigenvalue weighted by Crippen LogP contribution is 2.15. The van der Waals surface area contributed by atoms with E-state index in [9.17, 15) is 12.3 Å². The lowest BCUT2D eigenvalue weighted by molar-refractivity contribution is 0.0980. The molecule has 0 aromatic heterocycles. The van der Waals surface area contributed by atoms with Crippen molar-refractivity contribution in [3.05, 3.63) is 0 Å². The van der Waals surface area contributed by atoms with Gasteiger partial charge in [0.1, 0.15) is 5.25 Å². The lowest BCUT2D eigenvalue weighted by atomic mass is 10.2. The molecule has 10 heavy (non-hydrogen) atoms. The Morgan fingerprint density at radius 3 is 2.50 bits per heavy atom. The summed E-state index contributed by atoms with van der Waals surface area (Å²) in [7, 11) is -4.35. The Morgan fingerprint density at radius 1 is 1.50 bits per heavy atom. The third-order valence-corrected chi connectivity index (χ3v) is 2.68. The maximum Gasteiger partial charge on any atom is 0.307 e. The molecule has 1 fully saturated rings. The number of hydrogen-bond donors (Lipinski definition) is 0. The van der Waals surface area contributed by atoms with Crippen molar-refractivity contribution in [2.45, 2.75) is 18.1 Å². The summed E-state index contributed by atoms with van der Waals surface area (Å²) in [5, 5.41) is -0.916. The first-order chi connectivity index (χ1) is 4.61. The molecule has 0 N–H and O–H groups in total. The van der Waals surface area contributed by atoms with Crippen LogP contribution >= 0.6 is 0 Å². The summed E-state index contributed by atoms with van der Waals surface area (Å²) >= 11 is 0. The first kappa shape index (κ1) is 7.94. The van der Waals surface area contributed by atoms with Gasteiger partial charge in [-0.2, -0.15) is 8.42 Å². The van der Waals surface area contributed by atoms with E-state index in [1.54, 1.807) is 0 Å². The second-order valence-corrected chi connectivity index (χ2v) is 3.93. The van der Waals surface area contributed by atoms with E-state index < -0.39 is 15.5 Å². The van der Waals surface area contributed by atoms with Crippen LogP contribution in [-0.4, -0.2) is 26.9 Å². The number of rotatable bonds is 1. The average molecular weight is 168 g/mol. The molecule has 1 aliphatic heterocycles. The SMILES string of the molecule is O=S(=O)(F)C1CCCOC1. The smallest absolute Gasteiger partial charge is 0.307 e. The lowest BCUT2D eigenvalue weighted by Crippen LogP contribution is -2.28. The summed E-state index contributed by atoms with van der Waals surface area (Å²) in [6, 6.07) is 0. The van der Waals surface area contributed by atoms with Crippen LogP contribution in [0.4, 0.5) is 3.89 Å². The molecule has 1 heterocycles. The van der Waals surface area contributed by atoms with Gasteiger partial charge in [0.25, 0.3) is 0 Å². The molecule has 0 aromatic carbocycles. The summed E-state index contributed by atoms with van der Waals surface area (Å²) in [5.41, 5.74) is 0. The fourth-order valence-electron chi connectivity index (χ4n) is 0.933. The molecule has 3 nitrogen and oxygen atoms in total. The van der Waals surface area contributed by atoms with Crippen molar-refractivity contribution < 1.29 is 17.0 Å². The summed E-state index contributed by atoms with van der Waals surface area (Å²) in [4.78, 5) is 0. The van der Waals surface area contributed by atoms with Gasteiger partial charge in [0, 0.05) is 6.61 Å². The largest absolute Gasteiger partial charge is 0.380 e. The molecular formula is C5H9FO3S. The number of hydrogen-bond acceptors (Lipinski definition) is 3. The Kier molecular flexibility index (Phi) is 2.25. The van der Waals surface area contributed by atoms with Gasteiger partial charge in [-0.3, -0.25) is 0 Å². The van der Waals surface area contributed by atoms with E-state index in [2.05, 4.69) is 0 Å². The maximum atomic E-state index is 12.2. The molecule has 60 valence electrons. The van der Waals surface area contributed by atoms with Crippen molar-refractivity contribution >= 4 is 10.2 Å². The van der Waals surface area contributed by atoms with Crippen LogP contribution in [0.3, 0.4) is 0 Å². The molecular weight excluding hydrogens is 159 g/mol. The molecule has 0 amide bonds. The van der Waals surface area contributed by atoms with Crippen molar-refractivity contribution in [2.24, 2.45) is 0 Å². The van der Waals surface area contributed by atoms with Gasteiger partial charge in [0.15, 0.2) is 0 Å². The molecule has 0 bridgehead atoms. The monoisotopic (exact) mass is 168 g/mol. The summed E-state index contributed by atoms with van der Waals surface area (Å²) < 4.78 is 37.4. The zero-order chi connectivity index (χ0) is 7.61. The fourth-order valence-corrected chi connectivity index (χ4v) is 1.64. The van der Waals surface area contributed by atoms with Gasteiger partial charge in [-0.25, -0.2) is 0 Å². The van der Waals surface area contributed by atoms with E-state index in [1.165, 1.54) is 0 Å². The minimum atomic E-state index is -4.35. The first-order valence-electron chi connectivity index (χ1n) is 3.12. The Balaban J connectivity index is 2.56. The van der Waals surface area contributed by atoms with Crippen LogP contribution in [-0.2, 0) is 15.0 Å². The van der Waals surface area contributed by atoms with Crippen molar-refractivity contribution in [2.75, 3.05) is 13.2 Å². The normalized spacial score (nSPS) is 28.3. The Labute approximate surface area is 59.4 Å². The standard InChI is InChI=1S/C5H9FO3S/c6-10(7,8)5-2-1-3-9-4-5/h5H,1-4H2. The molecule has 0 aliphatic carbocycles. The highest BCUT2D eigenvalue weighted by Gasteiger charge is 2.26. The maximum absolute atomic E-state index is 12.2. The molecule has 1 rings (SSSR count). The zero-order valence-corrected chi connectivity index (χ0v) is 6.23. The molecule has 1 unspecified atom stereocenters. The number of halogens is 1. The molecule has 0 radical (unpaired) electrons. The second kappa shape index (κ2) is 2.84. The van der Waals surface area contributed by atoms with Gasteiger partial charge in [0.05, 0.1) is 6.61 Å². The van der Waals surface area contributed by atoms with Crippen LogP contribution in [0, 0.1) is 0 Å². The van der Waals surface area contributed by atoms with Crippen molar-refractivity contribution in [3.8, 4) is 0 Å². The van der Waals surface area contributed by atoms with Gasteiger partial charge in [-0.15, -0.1) is 3.89 Å². The molecule has 0 saturated carbocycles. The molecule has 1 atom stereocenters. The molecule has 1 saturated heterocycles. The molecule has 0 aromatic rings. The minimum Gasteiger partial charge on any atom is -0.380 e. The fraction of sp³-hybridized carbons (Fsp3) is 1.00. The summed E-state index contributed by atoms with van der Waals surface area (Å²) in [5.74, 6) is 0. The Hall–Kier alpha value is -0.160. The minimum absolute atomic E-state index is 0.0127. The second-order valence-electron chi connectivity index (χ2n) is 2.31. The van der Waals surface area contributed by atoms with E-state index in [4.69, 9.17) is 4.74 Å². The molecule has 5 heteroatoms. The van der Waals surface area contributed by atoms with E-state index in [1.807, 2.05) is 0 Å². The van der Waals surface area contributed by atoms with Crippen molar-refractivity contribution in [1.29, 1.82) is 0 Å². The van der Waals surface area contributed by atoms with Gasteiger partial charge in [-0.05, 0) is 12.8 Å². The van der Waals surface area contributed by atoms with E-state index in [0.717, 1.165) is 0 Å². The summed E-state index contributed by atoms with van der Waals surface area (Å²) in [6.45, 7) is 0.560. The van der Waals surface area contributed by atoms with Crippen molar-refractivity contribution in [3.63, 3.8) is 0 Å². The quantitative estimate of drug-likeness (QED) is 0.534. The topological polar surface area (TPSA) is 43.4 Å². The van der Waals surface area contributed by atoms with Crippen molar-refractivity contribution in [1.82, 2.24) is 0 Å². The summed E-state index contributed by atoms with van der Waals surface area (Å²) in [6.07, 6.45) is 1.02. The van der Waals surface area contributed by atoms with Crippen LogP contribution in [0.15, 0.2) is 0 Å². The third-order valence-electron chi connectivity index (χ3n) is 1.52. The van der Waals surface area contributed by atoms with Crippen LogP contribution in [0.5, 0.6) is 0 Å².